The summed E-state index contributed by atoms with van der Waals surface area (Å²) in [4.78, 5) is 23.3. The fourth-order valence-electron chi connectivity index (χ4n) is 3.17. The SMILES string of the molecule is CC(c1ncccn1)N1CCC(C(=O)NCc2ccc(F)cc2)CC1. The standard InChI is InChI=1S/C19H23FN4O/c1-14(18-21-9-2-10-22-18)24-11-7-16(8-12-24)19(25)23-13-15-3-5-17(20)6-4-15/h2-6,9-10,14,16H,7-8,11-13H2,1H3,(H,23,25). The second-order valence-corrected chi connectivity index (χ2v) is 6.44. The van der Waals surface area contributed by atoms with E-state index in [9.17, 15) is 9.18 Å². The Kier molecular flexibility index (Phi) is 5.71. The van der Waals surface area contributed by atoms with Gasteiger partial charge in [-0.2, -0.15) is 0 Å². The molecule has 1 aromatic heterocycles. The van der Waals surface area contributed by atoms with Gasteiger partial charge in [0.05, 0.1) is 6.04 Å². The first-order valence-electron chi connectivity index (χ1n) is 8.66. The Hall–Kier alpha value is -2.34. The maximum Gasteiger partial charge on any atom is 0.223 e. The number of likely N-dealkylation sites (tertiary alicyclic amines) is 1. The van der Waals surface area contributed by atoms with E-state index in [2.05, 4.69) is 27.1 Å². The summed E-state index contributed by atoms with van der Waals surface area (Å²) in [5.74, 6) is 0.661. The number of carbonyl (C=O) groups excluding carboxylic acids is 1. The number of hydrogen-bond donors (Lipinski definition) is 1. The molecule has 25 heavy (non-hydrogen) atoms. The number of halogens is 1. The first-order chi connectivity index (χ1) is 12.1. The van der Waals surface area contributed by atoms with Gasteiger partial charge in [-0.1, -0.05) is 12.1 Å². The van der Waals surface area contributed by atoms with E-state index in [0.717, 1.165) is 37.3 Å². The number of hydrogen-bond acceptors (Lipinski definition) is 4. The van der Waals surface area contributed by atoms with Crippen LogP contribution in [0.2, 0.25) is 0 Å². The molecule has 1 amide bonds. The molecule has 3 rings (SSSR count). The smallest absolute Gasteiger partial charge is 0.223 e. The molecule has 1 unspecified atom stereocenters. The number of piperidine rings is 1. The van der Waals surface area contributed by atoms with Gasteiger partial charge in [-0.15, -0.1) is 0 Å². The van der Waals surface area contributed by atoms with Crippen LogP contribution in [0.1, 0.15) is 37.2 Å². The summed E-state index contributed by atoms with van der Waals surface area (Å²) in [5, 5.41) is 2.96. The highest BCUT2D eigenvalue weighted by atomic mass is 19.1. The van der Waals surface area contributed by atoms with Gasteiger partial charge < -0.3 is 5.32 Å². The van der Waals surface area contributed by atoms with Gasteiger partial charge in [-0.05, 0) is 56.6 Å². The fraction of sp³-hybridized carbons (Fsp3) is 0.421. The maximum atomic E-state index is 12.9. The molecule has 6 heteroatoms. The van der Waals surface area contributed by atoms with Crippen LogP contribution in [0.15, 0.2) is 42.7 Å². The van der Waals surface area contributed by atoms with E-state index in [0.29, 0.717) is 6.54 Å². The van der Waals surface area contributed by atoms with E-state index >= 15 is 0 Å². The zero-order valence-electron chi connectivity index (χ0n) is 14.4. The number of carbonyl (C=O) groups is 1. The second kappa shape index (κ2) is 8.16. The van der Waals surface area contributed by atoms with Crippen molar-refractivity contribution in [2.45, 2.75) is 32.4 Å². The highest BCUT2D eigenvalue weighted by Gasteiger charge is 2.28. The van der Waals surface area contributed by atoms with Crippen LogP contribution in [0.4, 0.5) is 4.39 Å². The summed E-state index contributed by atoms with van der Waals surface area (Å²) >= 11 is 0. The van der Waals surface area contributed by atoms with Gasteiger partial charge in [-0.3, -0.25) is 9.69 Å². The van der Waals surface area contributed by atoms with Crippen molar-refractivity contribution in [1.82, 2.24) is 20.2 Å². The van der Waals surface area contributed by atoms with Crippen molar-refractivity contribution in [2.24, 2.45) is 5.92 Å². The molecule has 1 fully saturated rings. The van der Waals surface area contributed by atoms with Crippen LogP contribution in [-0.2, 0) is 11.3 Å². The fourth-order valence-corrected chi connectivity index (χ4v) is 3.17. The Bertz CT molecular complexity index is 684. The van der Waals surface area contributed by atoms with Crippen molar-refractivity contribution in [1.29, 1.82) is 0 Å². The summed E-state index contributed by atoms with van der Waals surface area (Å²) < 4.78 is 12.9. The average molecular weight is 342 g/mol. The predicted molar refractivity (Wildman–Crippen MR) is 93.0 cm³/mol. The minimum atomic E-state index is -0.265. The van der Waals surface area contributed by atoms with Crippen LogP contribution in [0.5, 0.6) is 0 Å². The molecule has 1 aliphatic rings. The Morgan fingerprint density at radius 3 is 2.52 bits per heavy atom. The van der Waals surface area contributed by atoms with Crippen LogP contribution in [0, 0.1) is 11.7 Å². The third kappa shape index (κ3) is 4.60. The molecule has 1 aliphatic heterocycles. The molecule has 1 N–H and O–H groups in total. The number of nitrogens with zero attached hydrogens (tertiary/aromatic N) is 3. The lowest BCUT2D eigenvalue weighted by atomic mass is 9.95. The highest BCUT2D eigenvalue weighted by molar-refractivity contribution is 5.78. The summed E-state index contributed by atoms with van der Waals surface area (Å²) in [6.45, 7) is 4.25. The van der Waals surface area contributed by atoms with Crippen LogP contribution in [0.25, 0.3) is 0 Å². The summed E-state index contributed by atoms with van der Waals surface area (Å²) in [6, 6.07) is 8.18. The molecule has 1 aromatic carbocycles. The third-order valence-electron chi connectivity index (χ3n) is 4.79. The minimum absolute atomic E-state index is 0.0283. The number of benzene rings is 1. The molecule has 2 heterocycles. The monoisotopic (exact) mass is 342 g/mol. The van der Waals surface area contributed by atoms with Gasteiger partial charge in [-0.25, -0.2) is 14.4 Å². The Morgan fingerprint density at radius 2 is 1.88 bits per heavy atom. The Morgan fingerprint density at radius 1 is 1.24 bits per heavy atom. The Labute approximate surface area is 147 Å². The van der Waals surface area contributed by atoms with Gasteiger partial charge in [0.15, 0.2) is 0 Å². The molecule has 0 spiro atoms. The topological polar surface area (TPSA) is 58.1 Å². The van der Waals surface area contributed by atoms with Crippen molar-refractivity contribution in [2.75, 3.05) is 13.1 Å². The third-order valence-corrected chi connectivity index (χ3v) is 4.79. The van der Waals surface area contributed by atoms with Gasteiger partial charge in [0.25, 0.3) is 0 Å². The van der Waals surface area contributed by atoms with Gasteiger partial charge in [0, 0.05) is 24.9 Å². The van der Waals surface area contributed by atoms with Gasteiger partial charge >= 0.3 is 0 Å². The van der Waals surface area contributed by atoms with Crippen LogP contribution >= 0.6 is 0 Å². The molecule has 132 valence electrons. The molecular weight excluding hydrogens is 319 g/mol. The van der Waals surface area contributed by atoms with Crippen LogP contribution in [0.3, 0.4) is 0 Å². The number of nitrogens with one attached hydrogen (secondary N) is 1. The lowest BCUT2D eigenvalue weighted by molar-refractivity contribution is -0.126. The summed E-state index contributed by atoms with van der Waals surface area (Å²) in [7, 11) is 0. The van der Waals surface area contributed by atoms with Crippen molar-refractivity contribution < 1.29 is 9.18 Å². The summed E-state index contributed by atoms with van der Waals surface area (Å²) in [5.41, 5.74) is 0.905. The van der Waals surface area contributed by atoms with Crippen molar-refractivity contribution in [3.05, 3.63) is 59.9 Å². The van der Waals surface area contributed by atoms with Crippen LogP contribution < -0.4 is 5.32 Å². The molecule has 0 aliphatic carbocycles. The zero-order valence-corrected chi connectivity index (χ0v) is 14.4. The van der Waals surface area contributed by atoms with Gasteiger partial charge in [0.2, 0.25) is 5.91 Å². The maximum absolute atomic E-state index is 12.9. The van der Waals surface area contributed by atoms with Crippen molar-refractivity contribution in [3.8, 4) is 0 Å². The predicted octanol–water partition coefficient (Wildman–Crippen LogP) is 2.71. The molecule has 0 bridgehead atoms. The molecule has 5 nitrogen and oxygen atoms in total. The van der Waals surface area contributed by atoms with E-state index in [1.165, 1.54) is 12.1 Å². The first kappa shape index (κ1) is 17.5. The zero-order chi connectivity index (χ0) is 17.6. The van der Waals surface area contributed by atoms with E-state index in [-0.39, 0.29) is 23.7 Å². The van der Waals surface area contributed by atoms with Crippen LogP contribution in [-0.4, -0.2) is 33.9 Å². The van der Waals surface area contributed by atoms with E-state index in [1.807, 2.05) is 6.07 Å². The number of amides is 1. The van der Waals surface area contributed by atoms with E-state index < -0.39 is 0 Å². The molecular formula is C19H23FN4O. The lowest BCUT2D eigenvalue weighted by Crippen LogP contribution is -2.41. The molecule has 1 atom stereocenters. The molecule has 0 saturated carbocycles. The van der Waals surface area contributed by atoms with E-state index in [4.69, 9.17) is 0 Å². The Balaban J connectivity index is 1.46. The quantitative estimate of drug-likeness (QED) is 0.908. The summed E-state index contributed by atoms with van der Waals surface area (Å²) in [6.07, 6.45) is 5.17. The number of rotatable bonds is 5. The van der Waals surface area contributed by atoms with Gasteiger partial charge in [0.1, 0.15) is 11.6 Å². The van der Waals surface area contributed by atoms with E-state index in [1.54, 1.807) is 24.5 Å². The minimum Gasteiger partial charge on any atom is -0.352 e. The van der Waals surface area contributed by atoms with Crippen molar-refractivity contribution >= 4 is 5.91 Å². The first-order valence-corrected chi connectivity index (χ1v) is 8.66. The highest BCUT2D eigenvalue weighted by Crippen LogP contribution is 2.24. The molecule has 2 aromatic rings. The lowest BCUT2D eigenvalue weighted by Gasteiger charge is -2.34. The molecule has 1 saturated heterocycles. The average Bonchev–Trinajstić information content (AvgIpc) is 2.67. The molecule has 0 radical (unpaired) electrons. The largest absolute Gasteiger partial charge is 0.352 e. The second-order valence-electron chi connectivity index (χ2n) is 6.44. The normalized spacial score (nSPS) is 17.2. The number of aromatic nitrogens is 2. The van der Waals surface area contributed by atoms with Crippen molar-refractivity contribution in [3.63, 3.8) is 0 Å².